The van der Waals surface area contributed by atoms with E-state index in [-0.39, 0.29) is 0 Å². The van der Waals surface area contributed by atoms with Crippen LogP contribution in [-0.4, -0.2) is 0 Å². The predicted octanol–water partition coefficient (Wildman–Crippen LogP) is 5.98. The van der Waals surface area contributed by atoms with Crippen molar-refractivity contribution in [3.8, 4) is 0 Å². The van der Waals surface area contributed by atoms with Crippen LogP contribution in [0.2, 0.25) is 0 Å². The summed E-state index contributed by atoms with van der Waals surface area (Å²) in [5.74, 6) is 4.04. The van der Waals surface area contributed by atoms with Gasteiger partial charge in [0.05, 0.1) is 0 Å². The molecule has 3 fully saturated rings. The molecule has 0 amide bonds. The lowest BCUT2D eigenvalue weighted by Crippen LogP contribution is -2.49. The second kappa shape index (κ2) is 4.37. The Kier molecular flexibility index (Phi) is 2.93. The number of allylic oxidation sites excluding steroid dienone is 2. The molecule has 4 rings (SSSR count). The van der Waals surface area contributed by atoms with Crippen molar-refractivity contribution >= 4 is 0 Å². The van der Waals surface area contributed by atoms with Gasteiger partial charge in [-0.2, -0.15) is 0 Å². The molecular weight excluding hydrogens is 240 g/mol. The van der Waals surface area contributed by atoms with Crippen molar-refractivity contribution in [1.29, 1.82) is 0 Å². The van der Waals surface area contributed by atoms with E-state index in [1.165, 1.54) is 57.8 Å². The monoisotopic (exact) mass is 272 g/mol. The van der Waals surface area contributed by atoms with Gasteiger partial charge in [0.1, 0.15) is 0 Å². The van der Waals surface area contributed by atoms with Crippen LogP contribution in [0.4, 0.5) is 0 Å². The summed E-state index contributed by atoms with van der Waals surface area (Å²) in [6, 6.07) is 0. The van der Waals surface area contributed by atoms with E-state index in [4.69, 9.17) is 0 Å². The molecule has 0 heteroatoms. The molecule has 4 aliphatic rings. The molecule has 0 heterocycles. The van der Waals surface area contributed by atoms with E-state index in [1.807, 2.05) is 5.57 Å². The summed E-state index contributed by atoms with van der Waals surface area (Å²) in [6.07, 6.45) is 16.0. The molecule has 4 aliphatic carbocycles. The fourth-order valence-electron chi connectivity index (χ4n) is 6.96. The highest BCUT2D eigenvalue weighted by atomic mass is 14.6. The Labute approximate surface area is 125 Å². The van der Waals surface area contributed by atoms with E-state index in [1.54, 1.807) is 0 Å². The van der Waals surface area contributed by atoms with Crippen LogP contribution in [-0.2, 0) is 0 Å². The molecule has 0 aliphatic heterocycles. The molecule has 20 heavy (non-hydrogen) atoms. The van der Waals surface area contributed by atoms with Crippen molar-refractivity contribution in [2.45, 2.75) is 78.6 Å². The highest BCUT2D eigenvalue weighted by Crippen LogP contribution is 2.66. The Bertz CT molecular complexity index is 433. The average molecular weight is 272 g/mol. The molecular formula is C20H32. The minimum Gasteiger partial charge on any atom is -0.0845 e. The van der Waals surface area contributed by atoms with E-state index < -0.39 is 0 Å². The molecule has 0 aromatic heterocycles. The van der Waals surface area contributed by atoms with E-state index in [2.05, 4.69) is 26.8 Å². The van der Waals surface area contributed by atoms with Crippen molar-refractivity contribution in [2.75, 3.05) is 0 Å². The maximum Gasteiger partial charge on any atom is -0.00853 e. The lowest BCUT2D eigenvalue weighted by Gasteiger charge is -2.57. The van der Waals surface area contributed by atoms with E-state index >= 15 is 0 Å². The van der Waals surface area contributed by atoms with E-state index in [0.717, 1.165) is 23.7 Å². The van der Waals surface area contributed by atoms with Gasteiger partial charge in [-0.15, -0.1) is 0 Å². The van der Waals surface area contributed by atoms with Crippen molar-refractivity contribution in [3.05, 3.63) is 11.6 Å². The zero-order chi connectivity index (χ0) is 14.0. The van der Waals surface area contributed by atoms with Crippen LogP contribution in [0, 0.1) is 34.5 Å². The SMILES string of the molecule is C[C@H]1CCC2[C@@H]3CC=C4CCCC[C@]4(C)C3CC[C@@]21C. The molecule has 0 aromatic carbocycles. The van der Waals surface area contributed by atoms with Crippen molar-refractivity contribution < 1.29 is 0 Å². The third-order valence-corrected chi connectivity index (χ3v) is 8.49. The Morgan fingerprint density at radius 3 is 2.70 bits per heavy atom. The van der Waals surface area contributed by atoms with Crippen LogP contribution in [0.1, 0.15) is 78.6 Å². The largest absolute Gasteiger partial charge is 0.0845 e. The Morgan fingerprint density at radius 1 is 1.00 bits per heavy atom. The first-order chi connectivity index (χ1) is 9.56. The van der Waals surface area contributed by atoms with E-state index in [9.17, 15) is 0 Å². The first-order valence-electron chi connectivity index (χ1n) is 9.25. The maximum atomic E-state index is 2.70. The molecule has 0 radical (unpaired) electrons. The van der Waals surface area contributed by atoms with Gasteiger partial charge in [0.2, 0.25) is 0 Å². The van der Waals surface area contributed by atoms with Gasteiger partial charge in [-0.25, -0.2) is 0 Å². The first-order valence-corrected chi connectivity index (χ1v) is 9.25. The fraction of sp³-hybridized carbons (Fsp3) is 0.900. The molecule has 6 atom stereocenters. The second-order valence-corrected chi connectivity index (χ2v) is 8.99. The lowest BCUT2D eigenvalue weighted by atomic mass is 9.47. The molecule has 3 saturated carbocycles. The second-order valence-electron chi connectivity index (χ2n) is 8.99. The first kappa shape index (κ1) is 13.4. The van der Waals surface area contributed by atoms with Gasteiger partial charge in [-0.3, -0.25) is 0 Å². The normalized spacial score (nSPS) is 54.6. The Balaban J connectivity index is 1.69. The molecule has 112 valence electrons. The highest BCUT2D eigenvalue weighted by Gasteiger charge is 2.57. The minimum absolute atomic E-state index is 0.592. The summed E-state index contributed by atoms with van der Waals surface area (Å²) in [7, 11) is 0. The van der Waals surface area contributed by atoms with Gasteiger partial charge in [0.15, 0.2) is 0 Å². The van der Waals surface area contributed by atoms with Crippen molar-refractivity contribution in [2.24, 2.45) is 34.5 Å². The van der Waals surface area contributed by atoms with Gasteiger partial charge in [-0.1, -0.05) is 38.8 Å². The Hall–Kier alpha value is -0.260. The van der Waals surface area contributed by atoms with Crippen LogP contribution in [0.3, 0.4) is 0 Å². The number of fused-ring (bicyclic) bond motifs is 5. The average Bonchev–Trinajstić information content (AvgIpc) is 2.74. The smallest absolute Gasteiger partial charge is 0.00853 e. The molecule has 0 nitrogen and oxygen atoms in total. The molecule has 0 N–H and O–H groups in total. The molecule has 0 aromatic rings. The van der Waals surface area contributed by atoms with Crippen molar-refractivity contribution in [1.82, 2.24) is 0 Å². The number of hydrogen-bond donors (Lipinski definition) is 0. The van der Waals surface area contributed by atoms with Gasteiger partial charge < -0.3 is 0 Å². The maximum absolute atomic E-state index is 2.70. The van der Waals surface area contributed by atoms with Crippen molar-refractivity contribution in [3.63, 3.8) is 0 Å². The number of hydrogen-bond acceptors (Lipinski definition) is 0. The Morgan fingerprint density at radius 2 is 1.85 bits per heavy atom. The van der Waals surface area contributed by atoms with E-state index in [0.29, 0.717) is 10.8 Å². The summed E-state index contributed by atoms with van der Waals surface area (Å²) in [5.41, 5.74) is 3.13. The molecule has 0 bridgehead atoms. The van der Waals surface area contributed by atoms with Crippen LogP contribution in [0.15, 0.2) is 11.6 Å². The van der Waals surface area contributed by atoms with Gasteiger partial charge in [0.25, 0.3) is 0 Å². The summed E-state index contributed by atoms with van der Waals surface area (Å²) < 4.78 is 0. The molecule has 0 saturated heterocycles. The third kappa shape index (κ3) is 1.60. The summed E-state index contributed by atoms with van der Waals surface area (Å²) in [6.45, 7) is 7.80. The van der Waals surface area contributed by atoms with Gasteiger partial charge in [-0.05, 0) is 85.9 Å². The van der Waals surface area contributed by atoms with Crippen LogP contribution >= 0.6 is 0 Å². The summed E-state index contributed by atoms with van der Waals surface area (Å²) >= 11 is 0. The van der Waals surface area contributed by atoms with Crippen LogP contribution in [0.5, 0.6) is 0 Å². The van der Waals surface area contributed by atoms with Crippen LogP contribution < -0.4 is 0 Å². The quantitative estimate of drug-likeness (QED) is 0.476. The van der Waals surface area contributed by atoms with Gasteiger partial charge >= 0.3 is 0 Å². The zero-order valence-electron chi connectivity index (χ0n) is 13.8. The standard InChI is InChI=1S/C20H32/c1-14-7-10-17-16-9-8-15-6-4-5-12-20(15,3)18(16)11-13-19(14,17)2/h8,14,16-18H,4-7,9-13H2,1-3H3/t14-,16-,17?,18?,19+,20-/m0/s1. The highest BCUT2D eigenvalue weighted by molar-refractivity contribution is 5.24. The zero-order valence-corrected chi connectivity index (χ0v) is 13.8. The fourth-order valence-corrected chi connectivity index (χ4v) is 6.96. The van der Waals surface area contributed by atoms with Crippen LogP contribution in [0.25, 0.3) is 0 Å². The topological polar surface area (TPSA) is 0 Å². The summed E-state index contributed by atoms with van der Waals surface area (Å²) in [4.78, 5) is 0. The third-order valence-electron chi connectivity index (χ3n) is 8.49. The predicted molar refractivity (Wildman–Crippen MR) is 85.5 cm³/mol. The minimum atomic E-state index is 0.592. The molecule has 2 unspecified atom stereocenters. The summed E-state index contributed by atoms with van der Waals surface area (Å²) in [5, 5.41) is 0. The lowest BCUT2D eigenvalue weighted by molar-refractivity contribution is -0.0384. The van der Waals surface area contributed by atoms with Gasteiger partial charge in [0, 0.05) is 0 Å². The number of rotatable bonds is 0. The molecule has 0 spiro atoms.